The number of rotatable bonds is 12. The highest BCUT2D eigenvalue weighted by molar-refractivity contribution is 5.32. The molecule has 0 atom stereocenters. The van der Waals surface area contributed by atoms with Gasteiger partial charge >= 0.3 is 0 Å². The summed E-state index contributed by atoms with van der Waals surface area (Å²) in [5, 5.41) is 0. The molecule has 0 unspecified atom stereocenters. The summed E-state index contributed by atoms with van der Waals surface area (Å²) >= 11 is 0. The van der Waals surface area contributed by atoms with E-state index in [1.807, 2.05) is 0 Å². The molecule has 138 valence electrons. The molecule has 0 bridgehead atoms. The zero-order chi connectivity index (χ0) is 17.7. The van der Waals surface area contributed by atoms with Crippen molar-refractivity contribution in [2.45, 2.75) is 96.8 Å². The molecule has 0 aromatic heterocycles. The van der Waals surface area contributed by atoms with Gasteiger partial charge < -0.3 is 0 Å². The van der Waals surface area contributed by atoms with Gasteiger partial charge in [0.05, 0.1) is 13.1 Å². The van der Waals surface area contributed by atoms with Crippen molar-refractivity contribution in [1.82, 2.24) is 0 Å². The average molecular weight is 337 g/mol. The second kappa shape index (κ2) is 19.8. The van der Waals surface area contributed by atoms with Gasteiger partial charge in [-0.1, -0.05) is 84.0 Å². The van der Waals surface area contributed by atoms with Gasteiger partial charge in [-0.15, -0.1) is 0 Å². The van der Waals surface area contributed by atoms with Gasteiger partial charge in [0.25, 0.3) is 0 Å². The van der Waals surface area contributed by atoms with Crippen LogP contribution in [0.1, 0.15) is 96.8 Å². The molecule has 1 saturated carbocycles. The summed E-state index contributed by atoms with van der Waals surface area (Å²) < 4.78 is 0. The van der Waals surface area contributed by atoms with Gasteiger partial charge in [-0.05, 0) is 18.8 Å². The number of hydrogen-bond acceptors (Lipinski definition) is 4. The van der Waals surface area contributed by atoms with Gasteiger partial charge in [-0.3, -0.25) is 0 Å². The maximum Gasteiger partial charge on any atom is 0.234 e. The van der Waals surface area contributed by atoms with Crippen LogP contribution in [0.4, 0.5) is 0 Å². The van der Waals surface area contributed by atoms with Crippen LogP contribution in [-0.4, -0.2) is 25.2 Å². The molecular weight excluding hydrogens is 300 g/mol. The van der Waals surface area contributed by atoms with Gasteiger partial charge in [0.15, 0.2) is 0 Å². The van der Waals surface area contributed by atoms with Crippen LogP contribution in [0.3, 0.4) is 0 Å². The molecule has 1 aliphatic carbocycles. The highest BCUT2D eigenvalue weighted by Crippen LogP contribution is 2.27. The number of aliphatic imine (C=N–C) groups is 2. The van der Waals surface area contributed by atoms with Gasteiger partial charge in [0.2, 0.25) is 12.2 Å². The van der Waals surface area contributed by atoms with Crippen molar-refractivity contribution in [3.05, 3.63) is 0 Å². The van der Waals surface area contributed by atoms with E-state index in [1.165, 1.54) is 63.5 Å². The maximum atomic E-state index is 9.71. The monoisotopic (exact) mass is 336 g/mol. The lowest BCUT2D eigenvalue weighted by molar-refractivity contribution is 0.331. The van der Waals surface area contributed by atoms with Crippen LogP contribution in [0.5, 0.6) is 0 Å². The van der Waals surface area contributed by atoms with Crippen molar-refractivity contribution in [1.29, 1.82) is 0 Å². The van der Waals surface area contributed by atoms with Gasteiger partial charge in [0, 0.05) is 0 Å². The quantitative estimate of drug-likeness (QED) is 0.258. The topological polar surface area (TPSA) is 58.9 Å². The summed E-state index contributed by atoms with van der Waals surface area (Å²) in [7, 11) is 0. The third-order valence-corrected chi connectivity index (χ3v) is 4.61. The van der Waals surface area contributed by atoms with Crippen molar-refractivity contribution < 1.29 is 9.59 Å². The zero-order valence-electron chi connectivity index (χ0n) is 15.6. The number of nitrogens with zero attached hydrogens (tertiary/aromatic N) is 2. The molecular formula is C20H36N2O2. The number of unbranched alkanes of at least 4 members (excludes halogenated alkanes) is 6. The molecule has 0 spiro atoms. The molecule has 1 fully saturated rings. The minimum absolute atomic E-state index is 0.596. The maximum absolute atomic E-state index is 9.71. The molecule has 0 saturated heterocycles. The Morgan fingerprint density at radius 1 is 0.750 bits per heavy atom. The fraction of sp³-hybridized carbons (Fsp3) is 0.900. The molecule has 0 amide bonds. The standard InChI is InChI=1S/C10H16N2O2.C10H20/c13-9-11-7-5-3-1-2-4-6-8-12-10-14;1-2-3-7-10-8-5-4-6-9-10/h1-8H2;10H,2-9H2,1H3. The minimum atomic E-state index is 0.596. The molecule has 0 radical (unpaired) electrons. The largest absolute Gasteiger partial charge is 0.234 e. The Kier molecular flexibility index (Phi) is 18.8. The molecule has 1 aliphatic rings. The van der Waals surface area contributed by atoms with Crippen molar-refractivity contribution in [2.24, 2.45) is 15.9 Å². The van der Waals surface area contributed by atoms with Gasteiger partial charge in [0.1, 0.15) is 0 Å². The van der Waals surface area contributed by atoms with E-state index in [1.54, 1.807) is 0 Å². The van der Waals surface area contributed by atoms with E-state index in [9.17, 15) is 9.59 Å². The Morgan fingerprint density at radius 2 is 1.25 bits per heavy atom. The fourth-order valence-electron chi connectivity index (χ4n) is 3.15. The van der Waals surface area contributed by atoms with E-state index in [4.69, 9.17) is 0 Å². The molecule has 4 nitrogen and oxygen atoms in total. The average Bonchev–Trinajstić information content (AvgIpc) is 2.63. The molecule has 0 aromatic carbocycles. The summed E-state index contributed by atoms with van der Waals surface area (Å²) in [5.74, 6) is 1.11. The van der Waals surface area contributed by atoms with Crippen LogP contribution in [-0.2, 0) is 9.59 Å². The number of carbonyl (C=O) groups excluding carboxylic acids is 2. The normalized spacial score (nSPS) is 14.0. The first-order chi connectivity index (χ1) is 11.8. The van der Waals surface area contributed by atoms with Gasteiger partial charge in [-0.25, -0.2) is 19.6 Å². The van der Waals surface area contributed by atoms with Crippen LogP contribution in [0, 0.1) is 5.92 Å². The number of hydrogen-bond donors (Lipinski definition) is 0. The Morgan fingerprint density at radius 3 is 1.71 bits per heavy atom. The predicted octanol–water partition coefficient (Wildman–Crippen LogP) is 5.76. The smallest absolute Gasteiger partial charge is 0.211 e. The third kappa shape index (κ3) is 17.1. The molecule has 0 aliphatic heterocycles. The van der Waals surface area contributed by atoms with Crippen LogP contribution >= 0.6 is 0 Å². The Hall–Kier alpha value is -1.24. The summed E-state index contributed by atoms with van der Waals surface area (Å²) in [6.07, 6.45) is 21.4. The highest BCUT2D eigenvalue weighted by Gasteiger charge is 2.11. The summed E-state index contributed by atoms with van der Waals surface area (Å²) in [5.41, 5.74) is 0. The zero-order valence-corrected chi connectivity index (χ0v) is 15.6. The lowest BCUT2D eigenvalue weighted by Crippen LogP contribution is -2.05. The first kappa shape index (κ1) is 22.8. The third-order valence-electron chi connectivity index (χ3n) is 4.61. The Bertz CT molecular complexity index is 329. The Balaban J connectivity index is 0.000000463. The van der Waals surface area contributed by atoms with E-state index in [0.29, 0.717) is 13.1 Å². The minimum Gasteiger partial charge on any atom is -0.211 e. The molecule has 0 aromatic rings. The second-order valence-electron chi connectivity index (χ2n) is 6.71. The summed E-state index contributed by atoms with van der Waals surface area (Å²) in [6, 6.07) is 0. The van der Waals surface area contributed by atoms with Crippen molar-refractivity contribution >= 4 is 12.2 Å². The second-order valence-corrected chi connectivity index (χ2v) is 6.71. The van der Waals surface area contributed by atoms with Gasteiger partial charge in [-0.2, -0.15) is 0 Å². The van der Waals surface area contributed by atoms with E-state index < -0.39 is 0 Å². The molecule has 24 heavy (non-hydrogen) atoms. The first-order valence-electron chi connectivity index (χ1n) is 9.92. The fourth-order valence-corrected chi connectivity index (χ4v) is 3.15. The van der Waals surface area contributed by atoms with Crippen LogP contribution in [0.15, 0.2) is 9.98 Å². The Labute approximate surface area is 148 Å². The van der Waals surface area contributed by atoms with Crippen LogP contribution in [0.2, 0.25) is 0 Å². The SMILES string of the molecule is CCCCC1CCCCC1.O=C=NCCCCCCCCN=C=O. The van der Waals surface area contributed by atoms with Crippen LogP contribution < -0.4 is 0 Å². The van der Waals surface area contributed by atoms with E-state index >= 15 is 0 Å². The predicted molar refractivity (Wildman–Crippen MR) is 99.8 cm³/mol. The first-order valence-corrected chi connectivity index (χ1v) is 9.92. The summed E-state index contributed by atoms with van der Waals surface area (Å²) in [6.45, 7) is 3.49. The highest BCUT2D eigenvalue weighted by atomic mass is 16.1. The van der Waals surface area contributed by atoms with E-state index in [-0.39, 0.29) is 0 Å². The van der Waals surface area contributed by atoms with Crippen LogP contribution in [0.25, 0.3) is 0 Å². The molecule has 1 rings (SSSR count). The van der Waals surface area contributed by atoms with E-state index in [2.05, 4.69) is 16.9 Å². The van der Waals surface area contributed by atoms with Crippen molar-refractivity contribution in [3.63, 3.8) is 0 Å². The van der Waals surface area contributed by atoms with Crippen molar-refractivity contribution in [2.75, 3.05) is 13.1 Å². The molecule has 0 N–H and O–H groups in total. The molecule has 0 heterocycles. The molecule has 4 heteroatoms. The lowest BCUT2D eigenvalue weighted by Gasteiger charge is -2.20. The van der Waals surface area contributed by atoms with Crippen molar-refractivity contribution in [3.8, 4) is 0 Å². The van der Waals surface area contributed by atoms with E-state index in [0.717, 1.165) is 44.4 Å². The lowest BCUT2D eigenvalue weighted by atomic mass is 9.86. The number of isocyanates is 2. The summed E-state index contributed by atoms with van der Waals surface area (Å²) in [4.78, 5) is 26.3.